The van der Waals surface area contributed by atoms with Gasteiger partial charge in [-0.05, 0) is 48.7 Å². The van der Waals surface area contributed by atoms with Gasteiger partial charge in [0.05, 0.1) is 19.3 Å². The quantitative estimate of drug-likeness (QED) is 0.814. The van der Waals surface area contributed by atoms with E-state index < -0.39 is 8.32 Å². The smallest absolute Gasteiger partial charge is 0.192 e. The summed E-state index contributed by atoms with van der Waals surface area (Å²) in [6.07, 6.45) is 1.94. The molecule has 0 aromatic heterocycles. The number of ether oxygens (including phenoxy) is 1. The van der Waals surface area contributed by atoms with E-state index in [2.05, 4.69) is 33.9 Å². The molecule has 0 spiro atoms. The predicted molar refractivity (Wildman–Crippen MR) is 82.1 cm³/mol. The molecule has 0 radical (unpaired) electrons. The second kappa shape index (κ2) is 4.54. The van der Waals surface area contributed by atoms with Crippen molar-refractivity contribution in [2.75, 3.05) is 19.8 Å². The third kappa shape index (κ3) is 1.88. The van der Waals surface area contributed by atoms with E-state index in [4.69, 9.17) is 9.16 Å². The van der Waals surface area contributed by atoms with Gasteiger partial charge in [0.15, 0.2) is 8.32 Å². The zero-order valence-corrected chi connectivity index (χ0v) is 14.6. The zero-order chi connectivity index (χ0) is 14.8. The Morgan fingerprint density at radius 2 is 1.90 bits per heavy atom. The maximum absolute atomic E-state index is 10.6. The lowest BCUT2D eigenvalue weighted by molar-refractivity contribution is -0.154. The summed E-state index contributed by atoms with van der Waals surface area (Å²) < 4.78 is 12.2. The second-order valence-corrected chi connectivity index (χ2v) is 13.5. The SMILES string of the molecule is CC(C)(C)[Si](C)(C)OC[C@]12[C@H](O)CC[C@H]1[C@@H]1COC[C@@H]12. The molecule has 2 saturated carbocycles. The minimum atomic E-state index is -1.74. The van der Waals surface area contributed by atoms with Crippen LogP contribution in [0.1, 0.15) is 33.6 Å². The van der Waals surface area contributed by atoms with Crippen LogP contribution in [0.4, 0.5) is 0 Å². The molecule has 2 aliphatic carbocycles. The number of aliphatic hydroxyl groups is 1. The van der Waals surface area contributed by atoms with Gasteiger partial charge in [-0.25, -0.2) is 0 Å². The molecule has 1 heterocycles. The van der Waals surface area contributed by atoms with Gasteiger partial charge >= 0.3 is 0 Å². The topological polar surface area (TPSA) is 38.7 Å². The molecule has 1 aliphatic heterocycles. The van der Waals surface area contributed by atoms with Crippen molar-refractivity contribution >= 4 is 8.32 Å². The van der Waals surface area contributed by atoms with Crippen molar-refractivity contribution in [1.82, 2.24) is 0 Å². The Balaban J connectivity index is 1.75. The van der Waals surface area contributed by atoms with Crippen LogP contribution in [0.5, 0.6) is 0 Å². The van der Waals surface area contributed by atoms with Crippen molar-refractivity contribution in [2.45, 2.75) is 57.8 Å². The highest BCUT2D eigenvalue weighted by Crippen LogP contribution is 2.66. The fourth-order valence-corrected chi connectivity index (χ4v) is 5.54. The van der Waals surface area contributed by atoms with Gasteiger partial charge in [0.1, 0.15) is 0 Å². The molecular formula is C16H30O3Si. The first-order chi connectivity index (χ1) is 9.20. The molecule has 3 aliphatic rings. The first-order valence-corrected chi connectivity index (χ1v) is 11.0. The Morgan fingerprint density at radius 3 is 2.55 bits per heavy atom. The number of hydrogen-bond donors (Lipinski definition) is 1. The third-order valence-corrected chi connectivity index (χ3v) is 11.4. The maximum Gasteiger partial charge on any atom is 0.192 e. The molecule has 20 heavy (non-hydrogen) atoms. The van der Waals surface area contributed by atoms with Crippen LogP contribution in [0, 0.1) is 23.2 Å². The van der Waals surface area contributed by atoms with E-state index >= 15 is 0 Å². The Kier molecular flexibility index (Phi) is 3.41. The van der Waals surface area contributed by atoms with E-state index in [1.165, 1.54) is 0 Å². The number of rotatable bonds is 3. The van der Waals surface area contributed by atoms with Gasteiger partial charge in [-0.3, -0.25) is 0 Å². The maximum atomic E-state index is 10.6. The van der Waals surface area contributed by atoms with Crippen LogP contribution in [0.15, 0.2) is 0 Å². The average Bonchev–Trinajstić information content (AvgIpc) is 2.83. The van der Waals surface area contributed by atoms with Crippen molar-refractivity contribution in [3.8, 4) is 0 Å². The van der Waals surface area contributed by atoms with E-state index in [1.54, 1.807) is 0 Å². The van der Waals surface area contributed by atoms with Crippen LogP contribution < -0.4 is 0 Å². The van der Waals surface area contributed by atoms with Gasteiger partial charge in [-0.15, -0.1) is 0 Å². The van der Waals surface area contributed by atoms with E-state index in [1.807, 2.05) is 0 Å². The molecule has 1 N–H and O–H groups in total. The van der Waals surface area contributed by atoms with Gasteiger partial charge in [0.25, 0.3) is 0 Å². The lowest BCUT2D eigenvalue weighted by Crippen LogP contribution is -2.62. The third-order valence-electron chi connectivity index (χ3n) is 6.88. The van der Waals surface area contributed by atoms with E-state index in [9.17, 15) is 5.11 Å². The summed E-state index contributed by atoms with van der Waals surface area (Å²) in [6.45, 7) is 13.9. The van der Waals surface area contributed by atoms with Crippen molar-refractivity contribution in [1.29, 1.82) is 0 Å². The van der Waals surface area contributed by atoms with Crippen molar-refractivity contribution in [2.24, 2.45) is 23.2 Å². The average molecular weight is 298 g/mol. The molecule has 0 aromatic rings. The summed E-state index contributed by atoms with van der Waals surface area (Å²) in [5.74, 6) is 1.86. The molecule has 4 heteroatoms. The fraction of sp³-hybridized carbons (Fsp3) is 1.00. The van der Waals surface area contributed by atoms with Crippen LogP contribution in [0.25, 0.3) is 0 Å². The van der Waals surface area contributed by atoms with Crippen LogP contribution in [-0.4, -0.2) is 39.3 Å². The molecule has 3 rings (SSSR count). The first-order valence-electron chi connectivity index (χ1n) is 8.10. The minimum Gasteiger partial charge on any atom is -0.416 e. The van der Waals surface area contributed by atoms with Crippen molar-refractivity contribution < 1.29 is 14.3 Å². The summed E-state index contributed by atoms with van der Waals surface area (Å²) in [5, 5.41) is 10.8. The summed E-state index contributed by atoms with van der Waals surface area (Å²) in [4.78, 5) is 0. The van der Waals surface area contributed by atoms with Gasteiger partial charge in [-0.2, -0.15) is 0 Å². The summed E-state index contributed by atoms with van der Waals surface area (Å²) in [6, 6.07) is 0. The van der Waals surface area contributed by atoms with E-state index in [0.29, 0.717) is 17.8 Å². The highest BCUT2D eigenvalue weighted by molar-refractivity contribution is 6.74. The number of fused-ring (bicyclic) bond motifs is 4. The molecular weight excluding hydrogens is 268 g/mol. The van der Waals surface area contributed by atoms with Crippen LogP contribution >= 0.6 is 0 Å². The lowest BCUT2D eigenvalue weighted by atomic mass is 9.49. The molecule has 3 fully saturated rings. The van der Waals surface area contributed by atoms with Crippen molar-refractivity contribution in [3.05, 3.63) is 0 Å². The Hall–Kier alpha value is 0.0969. The Labute approximate surface area is 124 Å². The van der Waals surface area contributed by atoms with Gasteiger partial charge in [0, 0.05) is 12.0 Å². The Bertz CT molecular complexity index is 382. The molecule has 0 amide bonds. The molecule has 116 valence electrons. The number of hydrogen-bond acceptors (Lipinski definition) is 3. The fourth-order valence-electron chi connectivity index (χ4n) is 4.49. The zero-order valence-electron chi connectivity index (χ0n) is 13.6. The molecule has 0 bridgehead atoms. The van der Waals surface area contributed by atoms with Crippen molar-refractivity contribution in [3.63, 3.8) is 0 Å². The second-order valence-electron chi connectivity index (χ2n) is 8.67. The van der Waals surface area contributed by atoms with Gasteiger partial charge in [0.2, 0.25) is 0 Å². The van der Waals surface area contributed by atoms with Gasteiger partial charge < -0.3 is 14.3 Å². The number of aliphatic hydroxyl groups excluding tert-OH is 1. The van der Waals surface area contributed by atoms with E-state index in [-0.39, 0.29) is 16.6 Å². The summed E-state index contributed by atoms with van der Waals surface area (Å²) >= 11 is 0. The molecule has 1 saturated heterocycles. The minimum absolute atomic E-state index is 0.0106. The summed E-state index contributed by atoms with van der Waals surface area (Å²) in [7, 11) is -1.74. The normalized spacial score (nSPS) is 44.1. The van der Waals surface area contributed by atoms with Crippen LogP contribution in [0.2, 0.25) is 18.1 Å². The lowest BCUT2D eigenvalue weighted by Gasteiger charge is -2.57. The monoisotopic (exact) mass is 298 g/mol. The molecule has 0 aromatic carbocycles. The van der Waals surface area contributed by atoms with E-state index in [0.717, 1.165) is 32.7 Å². The molecule has 5 atom stereocenters. The Morgan fingerprint density at radius 1 is 1.20 bits per heavy atom. The first kappa shape index (κ1) is 15.0. The highest BCUT2D eigenvalue weighted by atomic mass is 28.4. The molecule has 0 unspecified atom stereocenters. The highest BCUT2D eigenvalue weighted by Gasteiger charge is 2.69. The summed E-state index contributed by atoms with van der Waals surface area (Å²) in [5.41, 5.74) is 0.0106. The standard InChI is InChI=1S/C16H30O3Si/c1-15(2,3)20(4,5)19-10-16-12(6-7-14(16)17)11-8-18-9-13(11)16/h11-14,17H,6-10H2,1-5H3/t11-,12-,13-,14+,16-/m0/s1. The largest absolute Gasteiger partial charge is 0.416 e. The van der Waals surface area contributed by atoms with Gasteiger partial charge in [-0.1, -0.05) is 20.8 Å². The molecule has 3 nitrogen and oxygen atoms in total. The van der Waals surface area contributed by atoms with Crippen LogP contribution in [0.3, 0.4) is 0 Å². The predicted octanol–water partition coefficient (Wildman–Crippen LogP) is 3.04. The van der Waals surface area contributed by atoms with Crippen LogP contribution in [-0.2, 0) is 9.16 Å².